The van der Waals surface area contributed by atoms with E-state index in [9.17, 15) is 14.4 Å². The molecule has 0 bridgehead atoms. The minimum atomic E-state index is -0.466. The first-order chi connectivity index (χ1) is 9.58. The molecule has 7 nitrogen and oxygen atoms in total. The maximum Gasteiger partial charge on any atom is 0.337 e. The Hall–Kier alpha value is -1.70. The number of carbonyl (C=O) groups is 3. The summed E-state index contributed by atoms with van der Waals surface area (Å²) >= 11 is 1.27. The van der Waals surface area contributed by atoms with E-state index in [0.717, 1.165) is 0 Å². The van der Waals surface area contributed by atoms with Gasteiger partial charge in [-0.25, -0.2) is 9.59 Å². The van der Waals surface area contributed by atoms with Gasteiger partial charge in [0.1, 0.15) is 0 Å². The van der Waals surface area contributed by atoms with Gasteiger partial charge >= 0.3 is 18.0 Å². The number of hydrogen-bond acceptors (Lipinski definition) is 6. The van der Waals surface area contributed by atoms with Crippen LogP contribution in [0.4, 0.5) is 4.79 Å². The number of thioether (sulfide) groups is 1. The van der Waals surface area contributed by atoms with Gasteiger partial charge in [-0.15, -0.1) is 11.8 Å². The number of carbonyl (C=O) groups excluding carboxylic acids is 3. The zero-order valence-corrected chi connectivity index (χ0v) is 12.3. The zero-order chi connectivity index (χ0) is 15.0. The molecule has 0 aromatic rings. The zero-order valence-electron chi connectivity index (χ0n) is 11.5. The summed E-state index contributed by atoms with van der Waals surface area (Å²) in [6.45, 7) is 4.16. The van der Waals surface area contributed by atoms with E-state index in [1.54, 1.807) is 13.8 Å². The fourth-order valence-corrected chi connectivity index (χ4v) is 2.31. The van der Waals surface area contributed by atoms with E-state index in [2.05, 4.69) is 10.6 Å². The molecule has 2 N–H and O–H groups in total. The molecule has 1 aliphatic rings. The molecule has 1 aliphatic heterocycles. The van der Waals surface area contributed by atoms with Gasteiger partial charge in [-0.3, -0.25) is 4.79 Å². The lowest BCUT2D eigenvalue weighted by molar-refractivity contribution is -0.140. The highest BCUT2D eigenvalue weighted by Crippen LogP contribution is 2.14. The molecule has 0 aliphatic carbocycles. The third-order valence-corrected chi connectivity index (χ3v) is 3.28. The largest absolute Gasteiger partial charge is 0.465 e. The Kier molecular flexibility index (Phi) is 6.92. The Balaban J connectivity index is 2.62. The van der Waals surface area contributed by atoms with Gasteiger partial charge in [0, 0.05) is 11.4 Å². The van der Waals surface area contributed by atoms with Crippen molar-refractivity contribution in [1.82, 2.24) is 10.6 Å². The maximum absolute atomic E-state index is 11.7. The second kappa shape index (κ2) is 8.47. The van der Waals surface area contributed by atoms with E-state index in [0.29, 0.717) is 23.6 Å². The second-order valence-corrected chi connectivity index (χ2v) is 4.77. The van der Waals surface area contributed by atoms with Crippen LogP contribution in [-0.2, 0) is 19.1 Å². The van der Waals surface area contributed by atoms with Crippen molar-refractivity contribution < 1.29 is 23.9 Å². The van der Waals surface area contributed by atoms with Gasteiger partial charge in [-0.2, -0.15) is 0 Å². The smallest absolute Gasteiger partial charge is 0.337 e. The van der Waals surface area contributed by atoms with Gasteiger partial charge in [0.2, 0.25) is 0 Å². The minimum absolute atomic E-state index is 0.125. The summed E-state index contributed by atoms with van der Waals surface area (Å²) in [5.74, 6) is -0.292. The quantitative estimate of drug-likeness (QED) is 0.662. The molecule has 0 aromatic heterocycles. The SMILES string of the molecule is CCOC(=O)CSCC1=C(C(=O)OCC)CNC(=O)N1. The van der Waals surface area contributed by atoms with Crippen molar-refractivity contribution in [3.05, 3.63) is 11.3 Å². The van der Waals surface area contributed by atoms with Crippen molar-refractivity contribution in [1.29, 1.82) is 0 Å². The van der Waals surface area contributed by atoms with Crippen molar-refractivity contribution in [3.8, 4) is 0 Å². The molecule has 112 valence electrons. The Morgan fingerprint density at radius 3 is 2.60 bits per heavy atom. The molecule has 0 fully saturated rings. The summed E-state index contributed by atoms with van der Waals surface area (Å²) in [4.78, 5) is 34.2. The highest BCUT2D eigenvalue weighted by atomic mass is 32.2. The molecular formula is C12H18N2O5S. The fraction of sp³-hybridized carbons (Fsp3) is 0.583. The Bertz CT molecular complexity index is 422. The number of amides is 2. The molecule has 0 aromatic carbocycles. The molecule has 0 unspecified atom stereocenters. The van der Waals surface area contributed by atoms with Crippen LogP contribution in [0, 0.1) is 0 Å². The van der Waals surface area contributed by atoms with E-state index in [4.69, 9.17) is 9.47 Å². The molecule has 8 heteroatoms. The normalized spacial score (nSPS) is 14.4. The van der Waals surface area contributed by atoms with Crippen LogP contribution in [0.3, 0.4) is 0 Å². The highest BCUT2D eigenvalue weighted by molar-refractivity contribution is 8.00. The van der Waals surface area contributed by atoms with Crippen LogP contribution in [0.15, 0.2) is 11.3 Å². The number of rotatable bonds is 7. The first-order valence-corrected chi connectivity index (χ1v) is 7.41. The molecular weight excluding hydrogens is 284 g/mol. The van der Waals surface area contributed by atoms with Gasteiger partial charge in [-0.1, -0.05) is 0 Å². The van der Waals surface area contributed by atoms with E-state index < -0.39 is 5.97 Å². The molecule has 1 heterocycles. The Morgan fingerprint density at radius 2 is 1.95 bits per heavy atom. The van der Waals surface area contributed by atoms with Crippen LogP contribution in [0.5, 0.6) is 0 Å². The van der Waals surface area contributed by atoms with Crippen LogP contribution in [0.2, 0.25) is 0 Å². The lowest BCUT2D eigenvalue weighted by Gasteiger charge is -2.20. The lowest BCUT2D eigenvalue weighted by Crippen LogP contribution is -2.44. The van der Waals surface area contributed by atoms with E-state index in [1.165, 1.54) is 11.8 Å². The Labute approximate surface area is 121 Å². The molecule has 20 heavy (non-hydrogen) atoms. The lowest BCUT2D eigenvalue weighted by atomic mass is 10.2. The molecule has 1 rings (SSSR count). The maximum atomic E-state index is 11.7. The fourth-order valence-electron chi connectivity index (χ4n) is 1.51. The first-order valence-electron chi connectivity index (χ1n) is 6.25. The van der Waals surface area contributed by atoms with E-state index in [1.807, 2.05) is 0 Å². The van der Waals surface area contributed by atoms with Crippen LogP contribution in [0.1, 0.15) is 13.8 Å². The average Bonchev–Trinajstić information content (AvgIpc) is 2.39. The average molecular weight is 302 g/mol. The van der Waals surface area contributed by atoms with Gasteiger partial charge in [0.25, 0.3) is 0 Å². The molecule has 0 radical (unpaired) electrons. The summed E-state index contributed by atoms with van der Waals surface area (Å²) in [5, 5.41) is 5.08. The van der Waals surface area contributed by atoms with Crippen LogP contribution < -0.4 is 10.6 Å². The van der Waals surface area contributed by atoms with Crippen molar-refractivity contribution in [2.45, 2.75) is 13.8 Å². The van der Waals surface area contributed by atoms with Gasteiger partial charge in [-0.05, 0) is 13.8 Å². The van der Waals surface area contributed by atoms with Crippen LogP contribution in [-0.4, -0.2) is 49.2 Å². The summed E-state index contributed by atoms with van der Waals surface area (Å²) in [6.07, 6.45) is 0. The van der Waals surface area contributed by atoms with Gasteiger partial charge in [0.15, 0.2) is 0 Å². The standard InChI is InChI=1S/C12H18N2O5S/c1-3-18-10(15)7-20-6-9-8(11(16)19-4-2)5-13-12(17)14-9/h3-7H2,1-2H3,(H2,13,14,17). The van der Waals surface area contributed by atoms with E-state index >= 15 is 0 Å². The summed E-state index contributed by atoms with van der Waals surface area (Å²) < 4.78 is 9.72. The molecule has 0 saturated heterocycles. The first kappa shape index (κ1) is 16.4. The predicted octanol–water partition coefficient (Wildman–Crippen LogP) is 0.413. The third kappa shape index (κ3) is 5.12. The minimum Gasteiger partial charge on any atom is -0.465 e. The number of esters is 2. The predicted molar refractivity (Wildman–Crippen MR) is 74.2 cm³/mol. The van der Waals surface area contributed by atoms with Crippen LogP contribution in [0.25, 0.3) is 0 Å². The summed E-state index contributed by atoms with van der Waals surface area (Å²) in [7, 11) is 0. The Morgan fingerprint density at radius 1 is 1.25 bits per heavy atom. The van der Waals surface area contributed by atoms with Crippen molar-refractivity contribution >= 4 is 29.7 Å². The third-order valence-electron chi connectivity index (χ3n) is 2.35. The number of urea groups is 1. The van der Waals surface area contributed by atoms with Crippen molar-refractivity contribution in [3.63, 3.8) is 0 Å². The van der Waals surface area contributed by atoms with E-state index in [-0.39, 0.29) is 30.9 Å². The topological polar surface area (TPSA) is 93.7 Å². The van der Waals surface area contributed by atoms with Gasteiger partial charge in [0.05, 0.1) is 31.1 Å². The van der Waals surface area contributed by atoms with Crippen molar-refractivity contribution in [2.75, 3.05) is 31.3 Å². The van der Waals surface area contributed by atoms with Gasteiger partial charge < -0.3 is 20.1 Å². The molecule has 0 spiro atoms. The highest BCUT2D eigenvalue weighted by Gasteiger charge is 2.23. The molecule has 0 saturated carbocycles. The summed E-state index contributed by atoms with van der Waals surface area (Å²) in [6, 6.07) is -0.371. The number of nitrogens with one attached hydrogen (secondary N) is 2. The molecule has 2 amide bonds. The number of hydrogen-bond donors (Lipinski definition) is 2. The number of ether oxygens (including phenoxy) is 2. The van der Waals surface area contributed by atoms with Crippen LogP contribution >= 0.6 is 11.8 Å². The second-order valence-electron chi connectivity index (χ2n) is 3.78. The molecule has 0 atom stereocenters. The van der Waals surface area contributed by atoms with Crippen molar-refractivity contribution in [2.24, 2.45) is 0 Å². The monoisotopic (exact) mass is 302 g/mol. The summed E-state index contributed by atoms with van der Waals surface area (Å²) in [5.41, 5.74) is 0.851.